The van der Waals surface area contributed by atoms with Crippen molar-refractivity contribution < 1.29 is 4.79 Å². The second kappa shape index (κ2) is 4.34. The highest BCUT2D eigenvalue weighted by Crippen LogP contribution is 2.29. The number of hydrogen-bond donors (Lipinski definition) is 0. The van der Waals surface area contributed by atoms with Crippen LogP contribution in [-0.4, -0.2) is 15.6 Å². The molecular formula is C16H18N2O. The molecule has 0 saturated carbocycles. The number of rotatable bonds is 1. The zero-order valence-corrected chi connectivity index (χ0v) is 11.6. The van der Waals surface area contributed by atoms with Gasteiger partial charge >= 0.3 is 0 Å². The fourth-order valence-electron chi connectivity index (χ4n) is 2.85. The van der Waals surface area contributed by atoms with E-state index in [9.17, 15) is 4.79 Å². The van der Waals surface area contributed by atoms with E-state index in [-0.39, 0.29) is 5.78 Å². The smallest absolute Gasteiger partial charge is 0.166 e. The Morgan fingerprint density at radius 1 is 1.16 bits per heavy atom. The highest BCUT2D eigenvalue weighted by molar-refractivity contribution is 5.99. The van der Waals surface area contributed by atoms with Crippen LogP contribution in [0.3, 0.4) is 0 Å². The molecule has 1 atom stereocenters. The van der Waals surface area contributed by atoms with Crippen molar-refractivity contribution in [1.82, 2.24) is 9.78 Å². The number of aryl methyl sites for hydroxylation is 2. The largest absolute Gasteiger partial charge is 0.294 e. The number of hydrogen-bond acceptors (Lipinski definition) is 2. The Morgan fingerprint density at radius 2 is 1.84 bits per heavy atom. The quantitative estimate of drug-likeness (QED) is 0.783. The van der Waals surface area contributed by atoms with Gasteiger partial charge in [0.25, 0.3) is 0 Å². The van der Waals surface area contributed by atoms with Gasteiger partial charge < -0.3 is 0 Å². The summed E-state index contributed by atoms with van der Waals surface area (Å²) in [5.41, 5.74) is 5.04. The van der Waals surface area contributed by atoms with Crippen molar-refractivity contribution in [3.05, 3.63) is 46.8 Å². The minimum atomic E-state index is 0.240. The first-order valence-corrected chi connectivity index (χ1v) is 6.75. The van der Waals surface area contributed by atoms with E-state index in [2.05, 4.69) is 43.2 Å². The molecule has 0 amide bonds. The molecule has 0 unspecified atom stereocenters. The Hall–Kier alpha value is -1.90. The number of benzene rings is 1. The molecule has 1 aromatic carbocycles. The molecule has 0 radical (unpaired) electrons. The minimum Gasteiger partial charge on any atom is -0.294 e. The second-order valence-electron chi connectivity index (χ2n) is 5.59. The van der Waals surface area contributed by atoms with E-state index in [4.69, 9.17) is 0 Å². The third-order valence-electron chi connectivity index (χ3n) is 3.79. The van der Waals surface area contributed by atoms with E-state index in [1.807, 2.05) is 11.6 Å². The summed E-state index contributed by atoms with van der Waals surface area (Å²) in [6, 6.07) is 8.28. The molecule has 98 valence electrons. The lowest BCUT2D eigenvalue weighted by Crippen LogP contribution is -2.19. The van der Waals surface area contributed by atoms with Crippen molar-refractivity contribution >= 4 is 5.78 Å². The summed E-state index contributed by atoms with van der Waals surface area (Å²) < 4.78 is 1.94. The maximum Gasteiger partial charge on any atom is 0.166 e. The Kier molecular flexibility index (Phi) is 2.77. The van der Waals surface area contributed by atoms with Crippen molar-refractivity contribution in [2.24, 2.45) is 5.92 Å². The summed E-state index contributed by atoms with van der Waals surface area (Å²) in [7, 11) is 0. The van der Waals surface area contributed by atoms with Crippen molar-refractivity contribution in [3.8, 4) is 5.69 Å². The first kappa shape index (κ1) is 12.2. The number of nitrogens with zero attached hydrogens (tertiary/aromatic N) is 2. The molecule has 1 aliphatic rings. The molecule has 2 aromatic rings. The van der Waals surface area contributed by atoms with Crippen LogP contribution in [0.2, 0.25) is 0 Å². The van der Waals surface area contributed by atoms with Gasteiger partial charge in [0, 0.05) is 6.42 Å². The van der Waals surface area contributed by atoms with Gasteiger partial charge in [-0.05, 0) is 38.3 Å². The zero-order valence-electron chi connectivity index (χ0n) is 11.6. The SMILES string of the molecule is Cc1ccc(-n2nc(C)c3c2C[C@H](C)CC3=O)cc1. The van der Waals surface area contributed by atoms with Crippen LogP contribution in [0.15, 0.2) is 24.3 Å². The predicted molar refractivity (Wildman–Crippen MR) is 74.9 cm³/mol. The van der Waals surface area contributed by atoms with Gasteiger partial charge in [-0.3, -0.25) is 4.79 Å². The van der Waals surface area contributed by atoms with Crippen molar-refractivity contribution in [2.45, 2.75) is 33.6 Å². The monoisotopic (exact) mass is 254 g/mol. The van der Waals surface area contributed by atoms with Crippen LogP contribution in [0.4, 0.5) is 0 Å². The van der Waals surface area contributed by atoms with Crippen LogP contribution < -0.4 is 0 Å². The second-order valence-corrected chi connectivity index (χ2v) is 5.59. The van der Waals surface area contributed by atoms with E-state index in [0.29, 0.717) is 12.3 Å². The van der Waals surface area contributed by atoms with Crippen molar-refractivity contribution in [1.29, 1.82) is 0 Å². The first-order valence-electron chi connectivity index (χ1n) is 6.75. The van der Waals surface area contributed by atoms with Gasteiger partial charge in [-0.15, -0.1) is 0 Å². The van der Waals surface area contributed by atoms with Gasteiger partial charge in [-0.2, -0.15) is 5.10 Å². The Morgan fingerprint density at radius 3 is 2.53 bits per heavy atom. The number of fused-ring (bicyclic) bond motifs is 1. The predicted octanol–water partition coefficient (Wildman–Crippen LogP) is 3.25. The van der Waals surface area contributed by atoms with E-state index >= 15 is 0 Å². The molecule has 0 saturated heterocycles. The van der Waals surface area contributed by atoms with Crippen LogP contribution >= 0.6 is 0 Å². The molecule has 0 aliphatic heterocycles. The standard InChI is InChI=1S/C16H18N2O/c1-10-4-6-13(7-5-10)18-14-8-11(2)9-15(19)16(14)12(3)17-18/h4-7,11H,8-9H2,1-3H3/t11-/m0/s1. The van der Waals surface area contributed by atoms with Crippen molar-refractivity contribution in [2.75, 3.05) is 0 Å². The van der Waals surface area contributed by atoms with E-state index in [1.54, 1.807) is 0 Å². The molecular weight excluding hydrogens is 236 g/mol. The Balaban J connectivity index is 2.16. The summed E-state index contributed by atoms with van der Waals surface area (Å²) in [6.07, 6.45) is 1.57. The fourth-order valence-corrected chi connectivity index (χ4v) is 2.85. The lowest BCUT2D eigenvalue weighted by molar-refractivity contribution is 0.0952. The fraction of sp³-hybridized carbons (Fsp3) is 0.375. The van der Waals surface area contributed by atoms with E-state index in [0.717, 1.165) is 29.1 Å². The normalized spacial score (nSPS) is 18.5. The average Bonchev–Trinajstić information content (AvgIpc) is 2.67. The van der Waals surface area contributed by atoms with Gasteiger partial charge in [0.2, 0.25) is 0 Å². The third-order valence-corrected chi connectivity index (χ3v) is 3.79. The van der Waals surface area contributed by atoms with Crippen LogP contribution in [-0.2, 0) is 6.42 Å². The highest BCUT2D eigenvalue weighted by atomic mass is 16.1. The lowest BCUT2D eigenvalue weighted by atomic mass is 9.87. The number of Topliss-reactive ketones (excluding diaryl/α,β-unsaturated/α-hetero) is 1. The minimum absolute atomic E-state index is 0.240. The molecule has 0 bridgehead atoms. The summed E-state index contributed by atoms with van der Waals surface area (Å²) in [5.74, 6) is 0.643. The number of ketones is 1. The molecule has 3 rings (SSSR count). The molecule has 1 aliphatic carbocycles. The molecule has 3 heteroatoms. The van der Waals surface area contributed by atoms with Gasteiger partial charge in [-0.1, -0.05) is 24.6 Å². The maximum absolute atomic E-state index is 12.2. The highest BCUT2D eigenvalue weighted by Gasteiger charge is 2.29. The van der Waals surface area contributed by atoms with Gasteiger partial charge in [0.05, 0.1) is 22.6 Å². The van der Waals surface area contributed by atoms with Crippen molar-refractivity contribution in [3.63, 3.8) is 0 Å². The lowest BCUT2D eigenvalue weighted by Gasteiger charge is -2.19. The van der Waals surface area contributed by atoms with Crippen LogP contribution in [0.1, 0.15) is 40.7 Å². The molecule has 19 heavy (non-hydrogen) atoms. The molecule has 0 spiro atoms. The summed E-state index contributed by atoms with van der Waals surface area (Å²) in [5, 5.41) is 4.57. The molecule has 0 fully saturated rings. The average molecular weight is 254 g/mol. The summed E-state index contributed by atoms with van der Waals surface area (Å²) in [6.45, 7) is 6.12. The third kappa shape index (κ3) is 1.99. The maximum atomic E-state index is 12.2. The molecule has 1 aromatic heterocycles. The van der Waals surface area contributed by atoms with E-state index in [1.165, 1.54) is 5.56 Å². The zero-order chi connectivity index (χ0) is 13.6. The van der Waals surface area contributed by atoms with Gasteiger partial charge in [0.15, 0.2) is 5.78 Å². The molecule has 1 heterocycles. The summed E-state index contributed by atoms with van der Waals surface area (Å²) >= 11 is 0. The van der Waals surface area contributed by atoms with Crippen LogP contribution in [0, 0.1) is 19.8 Å². The van der Waals surface area contributed by atoms with Gasteiger partial charge in [0.1, 0.15) is 0 Å². The van der Waals surface area contributed by atoms with Crippen LogP contribution in [0.5, 0.6) is 0 Å². The van der Waals surface area contributed by atoms with E-state index < -0.39 is 0 Å². The number of carbonyl (C=O) groups is 1. The Labute approximate surface area is 113 Å². The summed E-state index contributed by atoms with van der Waals surface area (Å²) in [4.78, 5) is 12.2. The molecule has 0 N–H and O–H groups in total. The Bertz CT molecular complexity index is 638. The first-order chi connectivity index (χ1) is 9.06. The number of carbonyl (C=O) groups excluding carboxylic acids is 1. The topological polar surface area (TPSA) is 34.9 Å². The van der Waals surface area contributed by atoms with Crippen LogP contribution in [0.25, 0.3) is 5.69 Å². The molecule has 3 nitrogen and oxygen atoms in total. The van der Waals surface area contributed by atoms with Gasteiger partial charge in [-0.25, -0.2) is 4.68 Å². The number of aromatic nitrogens is 2.